The van der Waals surface area contributed by atoms with Crippen LogP contribution in [0.25, 0.3) is 0 Å². The quantitative estimate of drug-likeness (QED) is 0.290. The van der Waals surface area contributed by atoms with E-state index in [9.17, 15) is 0 Å². The van der Waals surface area contributed by atoms with E-state index in [-0.39, 0.29) is 26.5 Å². The van der Waals surface area contributed by atoms with Gasteiger partial charge in [0.05, 0.1) is 6.17 Å². The Morgan fingerprint density at radius 2 is 1.57 bits per heavy atom. The minimum atomic E-state index is -0.138. The molecule has 4 heteroatoms. The molecule has 0 aromatic heterocycles. The molecule has 1 heterocycles. The topological polar surface area (TPSA) is 64.1 Å². The summed E-state index contributed by atoms with van der Waals surface area (Å²) >= 11 is 0. The van der Waals surface area contributed by atoms with Gasteiger partial charge in [-0.15, -0.1) is 0 Å². The number of rotatable bonds is 12. The molecule has 0 radical (unpaired) electrons. The maximum Gasteiger partial charge on any atom is 1.00 e. The summed E-state index contributed by atoms with van der Waals surface area (Å²) in [6.07, 6.45) is 22.9. The van der Waals surface area contributed by atoms with Crippen molar-refractivity contribution in [1.29, 1.82) is 0 Å². The van der Waals surface area contributed by atoms with Crippen LogP contribution in [-0.4, -0.2) is 6.17 Å². The normalized spacial score (nSPS) is 14.9. The first-order valence-corrected chi connectivity index (χ1v) is 9.05. The molecule has 1 atom stereocenters. The predicted molar refractivity (Wildman–Crippen MR) is 98.1 cm³/mol. The zero-order valence-corrected chi connectivity index (χ0v) is 15.3. The van der Waals surface area contributed by atoms with Crippen LogP contribution in [0.3, 0.4) is 0 Å². The van der Waals surface area contributed by atoms with Crippen molar-refractivity contribution in [2.75, 3.05) is 0 Å². The molecule has 0 amide bonds. The fourth-order valence-corrected chi connectivity index (χ4v) is 2.95. The van der Waals surface area contributed by atoms with E-state index in [4.69, 9.17) is 11.5 Å². The fourth-order valence-electron chi connectivity index (χ4n) is 2.95. The summed E-state index contributed by atoms with van der Waals surface area (Å²) in [5, 5.41) is 3.46. The van der Waals surface area contributed by atoms with Crippen LogP contribution in [0.4, 0.5) is 0 Å². The summed E-state index contributed by atoms with van der Waals surface area (Å²) in [7, 11) is 0. The zero-order chi connectivity index (χ0) is 16.0. The summed E-state index contributed by atoms with van der Waals surface area (Å²) in [6.45, 7) is 2.27. The number of unbranched alkanes of at least 4 members (excludes halogenated alkanes) is 5. The van der Waals surface area contributed by atoms with Crippen molar-refractivity contribution in [3.05, 3.63) is 36.2 Å². The second-order valence-corrected chi connectivity index (χ2v) is 6.36. The van der Waals surface area contributed by atoms with Crippen molar-refractivity contribution in [1.82, 2.24) is 5.32 Å². The number of nitrogens with one attached hydrogen (secondary N) is 1. The van der Waals surface area contributed by atoms with Crippen LogP contribution in [0.2, 0.25) is 0 Å². The Morgan fingerprint density at radius 3 is 2.22 bits per heavy atom. The van der Waals surface area contributed by atoms with Crippen LogP contribution >= 0.6 is 0 Å². The maximum atomic E-state index is 5.58. The van der Waals surface area contributed by atoms with Crippen molar-refractivity contribution in [2.24, 2.45) is 17.4 Å². The molecule has 0 aromatic rings. The standard InChI is InChI=1S/C19H35N3.Li.H/c1-2-3-7-12-17(18-14-9-6-11-16-22-18)13-8-4-5-10-15-19(20)21;;/h6,9,11,14,16-17,19,22H,2-5,7-8,10,12-13,15,20-21H2,1H3;;/q;+1;-1. The van der Waals surface area contributed by atoms with Gasteiger partial charge in [-0.1, -0.05) is 64.0 Å². The first-order valence-electron chi connectivity index (χ1n) is 9.05. The average Bonchev–Trinajstić information content (AvgIpc) is 2.78. The van der Waals surface area contributed by atoms with E-state index in [0.29, 0.717) is 5.92 Å². The van der Waals surface area contributed by atoms with Crippen molar-refractivity contribution < 1.29 is 20.3 Å². The number of hydrogen-bond donors (Lipinski definition) is 3. The van der Waals surface area contributed by atoms with Crippen LogP contribution in [0, 0.1) is 5.92 Å². The number of allylic oxidation sites excluding steroid dienone is 5. The van der Waals surface area contributed by atoms with E-state index in [2.05, 4.69) is 36.5 Å². The number of hydrogen-bond acceptors (Lipinski definition) is 3. The van der Waals surface area contributed by atoms with Crippen molar-refractivity contribution in [3.63, 3.8) is 0 Å². The largest absolute Gasteiger partial charge is 1.00 e. The second kappa shape index (κ2) is 15.1. The molecule has 0 saturated heterocycles. The molecule has 128 valence electrons. The molecule has 1 aliphatic heterocycles. The van der Waals surface area contributed by atoms with Gasteiger partial charge in [-0.3, -0.25) is 0 Å². The fraction of sp³-hybridized carbons (Fsp3) is 0.684. The van der Waals surface area contributed by atoms with Gasteiger partial charge in [-0.05, 0) is 37.3 Å². The van der Waals surface area contributed by atoms with E-state index in [1.165, 1.54) is 57.1 Å². The van der Waals surface area contributed by atoms with Crippen LogP contribution < -0.4 is 35.6 Å². The van der Waals surface area contributed by atoms with Gasteiger partial charge in [0.15, 0.2) is 0 Å². The number of nitrogens with two attached hydrogens (primary N) is 2. The molecule has 0 aliphatic carbocycles. The minimum Gasteiger partial charge on any atom is -1.00 e. The van der Waals surface area contributed by atoms with E-state index in [0.717, 1.165) is 12.8 Å². The van der Waals surface area contributed by atoms with Gasteiger partial charge in [0.1, 0.15) is 0 Å². The summed E-state index contributed by atoms with van der Waals surface area (Å²) in [5.41, 5.74) is 12.5. The van der Waals surface area contributed by atoms with Crippen LogP contribution in [0.1, 0.15) is 72.6 Å². The van der Waals surface area contributed by atoms with E-state index in [1.54, 1.807) is 0 Å². The second-order valence-electron chi connectivity index (χ2n) is 6.36. The molecule has 0 fully saturated rings. The molecule has 23 heavy (non-hydrogen) atoms. The molecule has 0 spiro atoms. The zero-order valence-electron chi connectivity index (χ0n) is 16.3. The molecule has 0 aromatic carbocycles. The van der Waals surface area contributed by atoms with Crippen molar-refractivity contribution >= 4 is 0 Å². The third kappa shape index (κ3) is 11.7. The van der Waals surface area contributed by atoms with Gasteiger partial charge in [-0.2, -0.15) is 0 Å². The third-order valence-corrected chi connectivity index (χ3v) is 4.28. The van der Waals surface area contributed by atoms with E-state index < -0.39 is 0 Å². The summed E-state index contributed by atoms with van der Waals surface area (Å²) < 4.78 is 0. The molecule has 3 nitrogen and oxygen atoms in total. The van der Waals surface area contributed by atoms with E-state index >= 15 is 0 Å². The molecule has 1 aliphatic rings. The van der Waals surface area contributed by atoms with Crippen LogP contribution in [0.15, 0.2) is 36.2 Å². The van der Waals surface area contributed by atoms with Crippen molar-refractivity contribution in [3.8, 4) is 0 Å². The van der Waals surface area contributed by atoms with Gasteiger partial charge in [0.25, 0.3) is 0 Å². The molecule has 0 saturated carbocycles. The Morgan fingerprint density at radius 1 is 0.913 bits per heavy atom. The van der Waals surface area contributed by atoms with Gasteiger partial charge in [0, 0.05) is 11.9 Å². The molecule has 0 bridgehead atoms. The Bertz CT molecular complexity index is 368. The Kier molecular flexibility index (Phi) is 14.8. The van der Waals surface area contributed by atoms with Crippen LogP contribution in [0.5, 0.6) is 0 Å². The first kappa shape index (κ1) is 22.5. The third-order valence-electron chi connectivity index (χ3n) is 4.28. The smallest absolute Gasteiger partial charge is 1.00 e. The SMILES string of the molecule is CCCCCC(CCCCCCC(N)N)C1=CC=CC=CN1.[H-].[Li+]. The molecule has 1 unspecified atom stereocenters. The van der Waals surface area contributed by atoms with Gasteiger partial charge >= 0.3 is 18.9 Å². The Balaban J connectivity index is 0. The van der Waals surface area contributed by atoms with Gasteiger partial charge in [0.2, 0.25) is 0 Å². The minimum absolute atomic E-state index is 0. The molecule has 1 rings (SSSR count). The molecular weight excluding hydrogens is 277 g/mol. The van der Waals surface area contributed by atoms with E-state index in [1.807, 2.05) is 6.20 Å². The monoisotopic (exact) mass is 313 g/mol. The first-order chi connectivity index (χ1) is 10.7. The summed E-state index contributed by atoms with van der Waals surface area (Å²) in [4.78, 5) is 0. The Hall–Kier alpha value is -0.463. The predicted octanol–water partition coefficient (Wildman–Crippen LogP) is 1.44. The maximum absolute atomic E-state index is 5.58. The average molecular weight is 313 g/mol. The Labute approximate surface area is 156 Å². The summed E-state index contributed by atoms with van der Waals surface area (Å²) in [6, 6.07) is 0. The summed E-state index contributed by atoms with van der Waals surface area (Å²) in [5.74, 6) is 0.663. The molecular formula is C19H36LiN3. The van der Waals surface area contributed by atoms with Crippen LogP contribution in [-0.2, 0) is 0 Å². The van der Waals surface area contributed by atoms with Crippen molar-refractivity contribution in [2.45, 2.75) is 77.3 Å². The molecule has 5 N–H and O–H groups in total. The van der Waals surface area contributed by atoms with Gasteiger partial charge in [-0.25, -0.2) is 0 Å². The van der Waals surface area contributed by atoms with Gasteiger partial charge < -0.3 is 18.2 Å².